The molecule has 1 aliphatic rings. The van der Waals surface area contributed by atoms with Crippen LogP contribution in [0.25, 0.3) is 0 Å². The third-order valence-electron chi connectivity index (χ3n) is 3.99. The number of carbonyl (C=O) groups is 1. The van der Waals surface area contributed by atoms with E-state index in [9.17, 15) is 4.79 Å². The van der Waals surface area contributed by atoms with Crippen LogP contribution in [0.5, 0.6) is 0 Å². The fraction of sp³-hybridized carbons (Fsp3) is 0.471. The Balaban J connectivity index is 1.56. The molecule has 1 amide bonds. The van der Waals surface area contributed by atoms with Gasteiger partial charge in [0, 0.05) is 12.3 Å². The number of hydrogen-bond donors (Lipinski definition) is 2. The molecular weight excluding hydrogens is 324 g/mol. The zero-order chi connectivity index (χ0) is 17.1. The molecular formula is C17H22N4O2S. The molecule has 0 spiro atoms. The summed E-state index contributed by atoms with van der Waals surface area (Å²) in [4.78, 5) is 16.6. The van der Waals surface area contributed by atoms with Crippen molar-refractivity contribution >= 4 is 23.4 Å². The van der Waals surface area contributed by atoms with Gasteiger partial charge in [0.15, 0.2) is 5.82 Å². The molecule has 0 aliphatic carbocycles. The minimum atomic E-state index is -0.0569. The summed E-state index contributed by atoms with van der Waals surface area (Å²) in [6.07, 6.45) is 2.02. The van der Waals surface area contributed by atoms with Gasteiger partial charge in [-0.3, -0.25) is 9.89 Å². The lowest BCUT2D eigenvalue weighted by Crippen LogP contribution is -2.16. The summed E-state index contributed by atoms with van der Waals surface area (Å²) in [5.74, 6) is 0.967. The molecule has 24 heavy (non-hydrogen) atoms. The lowest BCUT2D eigenvalue weighted by molar-refractivity contribution is -0.113. The summed E-state index contributed by atoms with van der Waals surface area (Å²) in [6, 6.07) is 4.14. The number of amides is 1. The number of carbonyl (C=O) groups excluding carboxylic acids is 1. The first-order valence-electron chi connectivity index (χ1n) is 8.07. The van der Waals surface area contributed by atoms with Gasteiger partial charge < -0.3 is 10.1 Å². The number of nitrogens with one attached hydrogen (secondary N) is 2. The minimum absolute atomic E-state index is 0.0125. The Labute approximate surface area is 145 Å². The van der Waals surface area contributed by atoms with Crippen LogP contribution in [0.4, 0.5) is 5.69 Å². The molecule has 1 aromatic heterocycles. The first-order valence-corrected chi connectivity index (χ1v) is 9.06. The summed E-state index contributed by atoms with van der Waals surface area (Å²) in [6.45, 7) is 6.83. The van der Waals surface area contributed by atoms with Crippen molar-refractivity contribution < 1.29 is 9.53 Å². The molecule has 0 saturated carbocycles. The maximum Gasteiger partial charge on any atom is 0.234 e. The van der Waals surface area contributed by atoms with Gasteiger partial charge in [-0.2, -0.15) is 0 Å². The molecule has 7 heteroatoms. The highest BCUT2D eigenvalue weighted by Crippen LogP contribution is 2.27. The summed E-state index contributed by atoms with van der Waals surface area (Å²) in [7, 11) is 0. The number of rotatable bonds is 5. The molecule has 1 aromatic carbocycles. The van der Waals surface area contributed by atoms with Crippen LogP contribution < -0.4 is 5.32 Å². The van der Waals surface area contributed by atoms with E-state index < -0.39 is 0 Å². The van der Waals surface area contributed by atoms with Gasteiger partial charge in [0.1, 0.15) is 6.10 Å². The van der Waals surface area contributed by atoms with Crippen LogP contribution in [0.3, 0.4) is 0 Å². The number of ether oxygens (including phenoxy) is 1. The van der Waals surface area contributed by atoms with Gasteiger partial charge in [-0.05, 0) is 44.7 Å². The first-order chi connectivity index (χ1) is 11.5. The number of hydrogen-bond acceptors (Lipinski definition) is 5. The van der Waals surface area contributed by atoms with Crippen molar-refractivity contribution in [1.82, 2.24) is 15.2 Å². The zero-order valence-electron chi connectivity index (χ0n) is 14.2. The lowest BCUT2D eigenvalue weighted by atomic mass is 10.1. The molecule has 1 atom stereocenters. The van der Waals surface area contributed by atoms with Crippen molar-refractivity contribution in [2.45, 2.75) is 44.9 Å². The van der Waals surface area contributed by atoms with Crippen molar-refractivity contribution in [3.63, 3.8) is 0 Å². The summed E-state index contributed by atoms with van der Waals surface area (Å²) < 4.78 is 5.57. The van der Waals surface area contributed by atoms with Crippen molar-refractivity contribution in [2.24, 2.45) is 0 Å². The number of anilines is 1. The van der Waals surface area contributed by atoms with E-state index in [2.05, 4.69) is 39.6 Å². The zero-order valence-corrected chi connectivity index (χ0v) is 15.0. The van der Waals surface area contributed by atoms with Crippen LogP contribution in [0.15, 0.2) is 17.3 Å². The van der Waals surface area contributed by atoms with Crippen LogP contribution in [0.2, 0.25) is 0 Å². The van der Waals surface area contributed by atoms with Crippen molar-refractivity contribution in [2.75, 3.05) is 17.7 Å². The summed E-state index contributed by atoms with van der Waals surface area (Å²) in [5.41, 5.74) is 4.23. The minimum Gasteiger partial charge on any atom is -0.370 e. The van der Waals surface area contributed by atoms with E-state index in [1.165, 1.54) is 17.3 Å². The molecule has 2 N–H and O–H groups in total. The van der Waals surface area contributed by atoms with Crippen molar-refractivity contribution in [3.8, 4) is 0 Å². The van der Waals surface area contributed by atoms with Crippen LogP contribution in [0.1, 0.15) is 41.5 Å². The van der Waals surface area contributed by atoms with Gasteiger partial charge in [0.25, 0.3) is 0 Å². The number of benzene rings is 1. The van der Waals surface area contributed by atoms with E-state index in [0.29, 0.717) is 5.16 Å². The number of H-pyrrole nitrogens is 1. The SMILES string of the molecule is Cc1cc(C)c(NC(=O)CSc2n[nH]c(C3CCCO3)n2)c(C)c1. The monoisotopic (exact) mass is 346 g/mol. The molecule has 128 valence electrons. The number of nitrogens with zero attached hydrogens (tertiary/aromatic N) is 2. The fourth-order valence-electron chi connectivity index (χ4n) is 2.94. The largest absolute Gasteiger partial charge is 0.370 e. The molecule has 1 unspecified atom stereocenters. The number of aromatic nitrogens is 3. The highest BCUT2D eigenvalue weighted by atomic mass is 32.2. The predicted octanol–water partition coefficient (Wildman–Crippen LogP) is 3.31. The molecule has 0 bridgehead atoms. The molecule has 1 aliphatic heterocycles. The maximum absolute atomic E-state index is 12.2. The van der Waals surface area contributed by atoms with Gasteiger partial charge in [-0.15, -0.1) is 5.10 Å². The fourth-order valence-corrected chi connectivity index (χ4v) is 3.55. The standard InChI is InChI=1S/C17H22N4O2S/c1-10-7-11(2)15(12(3)8-10)18-14(22)9-24-17-19-16(20-21-17)13-5-4-6-23-13/h7-8,13H,4-6,9H2,1-3H3,(H,18,22)(H,19,20,21). The second kappa shape index (κ2) is 7.36. The molecule has 0 radical (unpaired) electrons. The first kappa shape index (κ1) is 17.0. The molecule has 3 rings (SSSR count). The Morgan fingerprint density at radius 2 is 2.12 bits per heavy atom. The number of thioether (sulfide) groups is 1. The normalized spacial score (nSPS) is 17.2. The number of aromatic amines is 1. The predicted molar refractivity (Wildman–Crippen MR) is 94.3 cm³/mol. The molecule has 6 nitrogen and oxygen atoms in total. The smallest absolute Gasteiger partial charge is 0.234 e. The van der Waals surface area contributed by atoms with Crippen LogP contribution in [-0.4, -0.2) is 33.4 Å². The second-order valence-electron chi connectivity index (χ2n) is 6.12. The summed E-state index contributed by atoms with van der Waals surface area (Å²) in [5, 5.41) is 10.6. The lowest BCUT2D eigenvalue weighted by Gasteiger charge is -2.12. The van der Waals surface area contributed by atoms with Gasteiger partial charge in [0.05, 0.1) is 5.75 Å². The topological polar surface area (TPSA) is 79.9 Å². The van der Waals surface area contributed by atoms with Crippen LogP contribution >= 0.6 is 11.8 Å². The van der Waals surface area contributed by atoms with Gasteiger partial charge in [-0.25, -0.2) is 4.98 Å². The van der Waals surface area contributed by atoms with E-state index in [0.717, 1.165) is 42.1 Å². The average molecular weight is 346 g/mol. The second-order valence-corrected chi connectivity index (χ2v) is 7.06. The van der Waals surface area contributed by atoms with E-state index in [-0.39, 0.29) is 17.8 Å². The van der Waals surface area contributed by atoms with Crippen LogP contribution in [0, 0.1) is 20.8 Å². The van der Waals surface area contributed by atoms with Crippen molar-refractivity contribution in [3.05, 3.63) is 34.6 Å². The van der Waals surface area contributed by atoms with Gasteiger partial charge >= 0.3 is 0 Å². The third-order valence-corrected chi connectivity index (χ3v) is 4.84. The van der Waals surface area contributed by atoms with Gasteiger partial charge in [0.2, 0.25) is 11.1 Å². The Bertz CT molecular complexity index is 715. The van der Waals surface area contributed by atoms with E-state index in [1.807, 2.05) is 13.8 Å². The molecule has 2 aromatic rings. The summed E-state index contributed by atoms with van der Waals surface area (Å²) >= 11 is 1.32. The Hall–Kier alpha value is -1.86. The molecule has 1 saturated heterocycles. The quantitative estimate of drug-likeness (QED) is 0.812. The van der Waals surface area contributed by atoms with Crippen LogP contribution in [-0.2, 0) is 9.53 Å². The Morgan fingerprint density at radius 1 is 1.38 bits per heavy atom. The Kier molecular flexibility index (Phi) is 5.20. The van der Waals surface area contributed by atoms with E-state index in [1.54, 1.807) is 0 Å². The Morgan fingerprint density at radius 3 is 2.79 bits per heavy atom. The third kappa shape index (κ3) is 3.96. The average Bonchev–Trinajstić information content (AvgIpc) is 3.19. The maximum atomic E-state index is 12.2. The highest BCUT2D eigenvalue weighted by Gasteiger charge is 2.21. The van der Waals surface area contributed by atoms with E-state index >= 15 is 0 Å². The van der Waals surface area contributed by atoms with E-state index in [4.69, 9.17) is 4.74 Å². The molecule has 2 heterocycles. The van der Waals surface area contributed by atoms with Gasteiger partial charge in [-0.1, -0.05) is 29.5 Å². The highest BCUT2D eigenvalue weighted by molar-refractivity contribution is 7.99. The van der Waals surface area contributed by atoms with Crippen molar-refractivity contribution in [1.29, 1.82) is 0 Å². The number of aryl methyl sites for hydroxylation is 3. The molecule has 1 fully saturated rings.